The molecule has 2 rings (SSSR count). The summed E-state index contributed by atoms with van der Waals surface area (Å²) in [6, 6.07) is 0. The van der Waals surface area contributed by atoms with Crippen LogP contribution in [0, 0.1) is 5.92 Å². The normalized spacial score (nSPS) is 41.7. The summed E-state index contributed by atoms with van der Waals surface area (Å²) >= 11 is 0. The summed E-state index contributed by atoms with van der Waals surface area (Å²) in [5.74, 6) is 0.897. The molecule has 1 aliphatic heterocycles. The first kappa shape index (κ1) is 9.30. The van der Waals surface area contributed by atoms with Gasteiger partial charge in [-0.05, 0) is 31.7 Å². The van der Waals surface area contributed by atoms with Gasteiger partial charge in [0.1, 0.15) is 0 Å². The fraction of sp³-hybridized carbons (Fsp3) is 1.00. The Morgan fingerprint density at radius 2 is 2.36 bits per heavy atom. The molecule has 2 fully saturated rings. The lowest BCUT2D eigenvalue weighted by Crippen LogP contribution is -2.45. The lowest BCUT2D eigenvalue weighted by atomic mass is 9.96. The molecule has 0 aromatic carbocycles. The SMILES string of the molecule is COC12CCC(CNC1)C2.Cl. The molecule has 1 saturated carbocycles. The predicted octanol–water partition coefficient (Wildman–Crippen LogP) is 1.20. The third kappa shape index (κ3) is 1.53. The Morgan fingerprint density at radius 1 is 1.55 bits per heavy atom. The van der Waals surface area contributed by atoms with Crippen LogP contribution in [0.2, 0.25) is 0 Å². The van der Waals surface area contributed by atoms with Crippen molar-refractivity contribution in [2.45, 2.75) is 24.9 Å². The highest BCUT2D eigenvalue weighted by atomic mass is 35.5. The quantitative estimate of drug-likeness (QED) is 0.650. The van der Waals surface area contributed by atoms with Crippen LogP contribution in [0.4, 0.5) is 0 Å². The number of rotatable bonds is 1. The average Bonchev–Trinajstić information content (AvgIpc) is 2.29. The molecule has 2 aliphatic rings. The molecule has 11 heavy (non-hydrogen) atoms. The fourth-order valence-corrected chi connectivity index (χ4v) is 2.29. The van der Waals surface area contributed by atoms with Crippen LogP contribution < -0.4 is 5.32 Å². The van der Waals surface area contributed by atoms with E-state index in [4.69, 9.17) is 4.74 Å². The van der Waals surface area contributed by atoms with Crippen molar-refractivity contribution in [3.63, 3.8) is 0 Å². The van der Waals surface area contributed by atoms with Gasteiger partial charge in [-0.2, -0.15) is 0 Å². The van der Waals surface area contributed by atoms with Gasteiger partial charge in [-0.15, -0.1) is 12.4 Å². The molecule has 2 nitrogen and oxygen atoms in total. The van der Waals surface area contributed by atoms with E-state index in [1.165, 1.54) is 25.8 Å². The zero-order chi connectivity index (χ0) is 7.03. The van der Waals surface area contributed by atoms with Crippen LogP contribution in [-0.2, 0) is 4.74 Å². The number of hydrogen-bond acceptors (Lipinski definition) is 2. The number of methoxy groups -OCH3 is 1. The van der Waals surface area contributed by atoms with E-state index < -0.39 is 0 Å². The van der Waals surface area contributed by atoms with Crippen molar-refractivity contribution in [2.24, 2.45) is 5.92 Å². The second-order valence-electron chi connectivity index (χ2n) is 3.63. The van der Waals surface area contributed by atoms with E-state index >= 15 is 0 Å². The van der Waals surface area contributed by atoms with Crippen molar-refractivity contribution in [1.29, 1.82) is 0 Å². The van der Waals surface area contributed by atoms with E-state index in [0.29, 0.717) is 0 Å². The summed E-state index contributed by atoms with van der Waals surface area (Å²) in [6.07, 6.45) is 3.92. The highest BCUT2D eigenvalue weighted by Crippen LogP contribution is 2.38. The minimum absolute atomic E-state index is 0. The molecule has 66 valence electrons. The molecule has 1 N–H and O–H groups in total. The number of nitrogens with one attached hydrogen (secondary N) is 1. The number of halogens is 1. The Balaban J connectivity index is 0.000000605. The minimum Gasteiger partial charge on any atom is -0.377 e. The van der Waals surface area contributed by atoms with Gasteiger partial charge in [0, 0.05) is 13.7 Å². The van der Waals surface area contributed by atoms with Gasteiger partial charge >= 0.3 is 0 Å². The Morgan fingerprint density at radius 3 is 3.00 bits per heavy atom. The zero-order valence-corrected chi connectivity index (χ0v) is 7.75. The predicted molar refractivity (Wildman–Crippen MR) is 47.2 cm³/mol. The Kier molecular flexibility index (Phi) is 2.79. The van der Waals surface area contributed by atoms with Gasteiger partial charge in [-0.3, -0.25) is 0 Å². The van der Waals surface area contributed by atoms with Crippen LogP contribution in [0.3, 0.4) is 0 Å². The van der Waals surface area contributed by atoms with Crippen LogP contribution in [-0.4, -0.2) is 25.8 Å². The number of fused-ring (bicyclic) bond motifs is 2. The van der Waals surface area contributed by atoms with Crippen LogP contribution in [0.5, 0.6) is 0 Å². The molecule has 2 unspecified atom stereocenters. The summed E-state index contributed by atoms with van der Waals surface area (Å²) in [4.78, 5) is 0. The van der Waals surface area contributed by atoms with E-state index in [-0.39, 0.29) is 18.0 Å². The maximum Gasteiger partial charge on any atom is 0.0805 e. The molecule has 2 bridgehead atoms. The highest BCUT2D eigenvalue weighted by Gasteiger charge is 2.41. The van der Waals surface area contributed by atoms with Crippen molar-refractivity contribution in [1.82, 2.24) is 5.32 Å². The van der Waals surface area contributed by atoms with Crippen molar-refractivity contribution in [3.8, 4) is 0 Å². The largest absolute Gasteiger partial charge is 0.377 e. The van der Waals surface area contributed by atoms with Crippen molar-refractivity contribution < 1.29 is 4.74 Å². The van der Waals surface area contributed by atoms with Crippen LogP contribution in [0.15, 0.2) is 0 Å². The molecule has 1 aliphatic carbocycles. The first-order valence-corrected chi connectivity index (χ1v) is 4.10. The average molecular weight is 178 g/mol. The number of hydrogen-bond donors (Lipinski definition) is 1. The second kappa shape index (κ2) is 3.30. The third-order valence-electron chi connectivity index (χ3n) is 2.98. The highest BCUT2D eigenvalue weighted by molar-refractivity contribution is 5.85. The molecule has 0 radical (unpaired) electrons. The van der Waals surface area contributed by atoms with Crippen molar-refractivity contribution >= 4 is 12.4 Å². The maximum atomic E-state index is 5.51. The van der Waals surface area contributed by atoms with Crippen LogP contribution in [0.25, 0.3) is 0 Å². The molecule has 1 heterocycles. The zero-order valence-electron chi connectivity index (χ0n) is 6.93. The molecular formula is C8H16ClNO. The molecular weight excluding hydrogens is 162 g/mol. The lowest BCUT2D eigenvalue weighted by molar-refractivity contribution is -0.0154. The standard InChI is InChI=1S/C8H15NO.ClH/c1-10-8-3-2-7(4-8)5-9-6-8;/h7,9H,2-6H2,1H3;1H. The van der Waals surface area contributed by atoms with Crippen molar-refractivity contribution in [3.05, 3.63) is 0 Å². The molecule has 3 heteroatoms. The van der Waals surface area contributed by atoms with Crippen LogP contribution >= 0.6 is 12.4 Å². The summed E-state index contributed by atoms with van der Waals surface area (Å²) in [7, 11) is 1.84. The monoisotopic (exact) mass is 177 g/mol. The third-order valence-corrected chi connectivity index (χ3v) is 2.98. The topological polar surface area (TPSA) is 21.3 Å². The Hall–Kier alpha value is 0.210. The first-order valence-electron chi connectivity index (χ1n) is 4.10. The lowest BCUT2D eigenvalue weighted by Gasteiger charge is -2.32. The van der Waals surface area contributed by atoms with Crippen LogP contribution in [0.1, 0.15) is 19.3 Å². The molecule has 2 atom stereocenters. The summed E-state index contributed by atoms with van der Waals surface area (Å²) in [6.45, 7) is 2.28. The number of ether oxygens (including phenoxy) is 1. The fourth-order valence-electron chi connectivity index (χ4n) is 2.29. The van der Waals surface area contributed by atoms with Gasteiger partial charge < -0.3 is 10.1 Å². The minimum atomic E-state index is 0. The first-order chi connectivity index (χ1) is 4.85. The van der Waals surface area contributed by atoms with Gasteiger partial charge in [-0.25, -0.2) is 0 Å². The summed E-state index contributed by atoms with van der Waals surface area (Å²) < 4.78 is 5.51. The summed E-state index contributed by atoms with van der Waals surface area (Å²) in [5, 5.41) is 3.41. The van der Waals surface area contributed by atoms with Gasteiger partial charge in [0.2, 0.25) is 0 Å². The van der Waals surface area contributed by atoms with E-state index in [1.807, 2.05) is 7.11 Å². The van der Waals surface area contributed by atoms with E-state index in [2.05, 4.69) is 5.32 Å². The van der Waals surface area contributed by atoms with E-state index in [0.717, 1.165) is 12.5 Å². The smallest absolute Gasteiger partial charge is 0.0805 e. The maximum absolute atomic E-state index is 5.51. The molecule has 0 spiro atoms. The van der Waals surface area contributed by atoms with Gasteiger partial charge in [0.25, 0.3) is 0 Å². The summed E-state index contributed by atoms with van der Waals surface area (Å²) in [5.41, 5.74) is 0.225. The Bertz CT molecular complexity index is 138. The molecule has 0 amide bonds. The number of piperidine rings is 1. The molecule has 1 saturated heterocycles. The Labute approximate surface area is 74.1 Å². The van der Waals surface area contributed by atoms with E-state index in [9.17, 15) is 0 Å². The van der Waals surface area contributed by atoms with Crippen molar-refractivity contribution in [2.75, 3.05) is 20.2 Å². The van der Waals surface area contributed by atoms with Gasteiger partial charge in [0.05, 0.1) is 5.60 Å². The molecule has 0 aromatic rings. The van der Waals surface area contributed by atoms with E-state index in [1.54, 1.807) is 0 Å². The van der Waals surface area contributed by atoms with Gasteiger partial charge in [-0.1, -0.05) is 0 Å². The van der Waals surface area contributed by atoms with Gasteiger partial charge in [0.15, 0.2) is 0 Å². The second-order valence-corrected chi connectivity index (χ2v) is 3.63. The molecule has 0 aromatic heterocycles.